The molecule has 0 radical (unpaired) electrons. The summed E-state index contributed by atoms with van der Waals surface area (Å²) in [6, 6.07) is 9.76. The van der Waals surface area contributed by atoms with Crippen LogP contribution in [0.25, 0.3) is 0 Å². The number of aromatic nitrogens is 1. The van der Waals surface area contributed by atoms with Crippen LogP contribution in [0.1, 0.15) is 48.2 Å². The monoisotopic (exact) mass is 405 g/mol. The van der Waals surface area contributed by atoms with Crippen LogP contribution in [0.5, 0.6) is 0 Å². The first kappa shape index (κ1) is 20.8. The minimum Gasteiger partial charge on any atom is -0.352 e. The summed E-state index contributed by atoms with van der Waals surface area (Å²) in [5.74, 6) is -0.549. The molecule has 1 saturated heterocycles. The van der Waals surface area contributed by atoms with Gasteiger partial charge in [-0.1, -0.05) is 30.3 Å². The van der Waals surface area contributed by atoms with Crippen molar-refractivity contribution in [2.24, 2.45) is 0 Å². The zero-order valence-electron chi connectivity index (χ0n) is 16.0. The molecule has 29 heavy (non-hydrogen) atoms. The standard InChI is InChI=1S/C21H22F3N3O2/c1-14(28)25-12-16-13-26-18(11-17(16)21(22,23)24)19-8-5-9-27(19)20(29)10-15-6-3-2-4-7-15/h2-4,6-7,11,13,19H,5,8-10,12H2,1H3,(H,25,28)/t19-/m0/s1. The number of benzene rings is 1. The number of pyridine rings is 1. The van der Waals surface area contributed by atoms with Gasteiger partial charge in [0.2, 0.25) is 11.8 Å². The Kier molecular flexibility index (Phi) is 6.20. The highest BCUT2D eigenvalue weighted by Crippen LogP contribution is 2.37. The molecule has 1 aromatic carbocycles. The lowest BCUT2D eigenvalue weighted by Gasteiger charge is -2.25. The molecule has 0 bridgehead atoms. The molecular weight excluding hydrogens is 383 g/mol. The molecule has 2 aromatic rings. The largest absolute Gasteiger partial charge is 0.416 e. The van der Waals surface area contributed by atoms with Crippen LogP contribution in [0.2, 0.25) is 0 Å². The number of likely N-dealkylation sites (tertiary alicyclic amines) is 1. The van der Waals surface area contributed by atoms with Crippen molar-refractivity contribution < 1.29 is 22.8 Å². The lowest BCUT2D eigenvalue weighted by atomic mass is 10.0. The Morgan fingerprint density at radius 1 is 1.24 bits per heavy atom. The van der Waals surface area contributed by atoms with Gasteiger partial charge < -0.3 is 10.2 Å². The van der Waals surface area contributed by atoms with Crippen LogP contribution in [0.15, 0.2) is 42.6 Å². The van der Waals surface area contributed by atoms with Crippen molar-refractivity contribution in [3.63, 3.8) is 0 Å². The zero-order valence-corrected chi connectivity index (χ0v) is 16.0. The van der Waals surface area contributed by atoms with Gasteiger partial charge >= 0.3 is 6.18 Å². The molecule has 1 aromatic heterocycles. The average Bonchev–Trinajstić information content (AvgIpc) is 3.16. The molecule has 1 atom stereocenters. The smallest absolute Gasteiger partial charge is 0.352 e. The predicted octanol–water partition coefficient (Wildman–Crippen LogP) is 3.64. The summed E-state index contributed by atoms with van der Waals surface area (Å²) in [5.41, 5.74) is 0.149. The van der Waals surface area contributed by atoms with Gasteiger partial charge in [0.05, 0.1) is 23.7 Å². The summed E-state index contributed by atoms with van der Waals surface area (Å²) in [7, 11) is 0. The topological polar surface area (TPSA) is 62.3 Å². The van der Waals surface area contributed by atoms with E-state index in [9.17, 15) is 22.8 Å². The van der Waals surface area contributed by atoms with E-state index < -0.39 is 23.7 Å². The molecule has 2 heterocycles. The molecule has 154 valence electrons. The number of nitrogens with zero attached hydrogens (tertiary/aromatic N) is 2. The van der Waals surface area contributed by atoms with Crippen LogP contribution in [0.4, 0.5) is 13.2 Å². The van der Waals surface area contributed by atoms with Crippen molar-refractivity contribution in [2.75, 3.05) is 6.54 Å². The highest BCUT2D eigenvalue weighted by Gasteiger charge is 2.37. The Morgan fingerprint density at radius 3 is 2.62 bits per heavy atom. The quantitative estimate of drug-likeness (QED) is 0.826. The van der Waals surface area contributed by atoms with E-state index in [0.29, 0.717) is 19.4 Å². The van der Waals surface area contributed by atoms with Crippen LogP contribution in [0, 0.1) is 0 Å². The van der Waals surface area contributed by atoms with Gasteiger partial charge in [0.25, 0.3) is 0 Å². The molecule has 1 aliphatic rings. The second-order valence-corrected chi connectivity index (χ2v) is 7.08. The lowest BCUT2D eigenvalue weighted by molar-refractivity contribution is -0.138. The maximum Gasteiger partial charge on any atom is 0.416 e. The second-order valence-electron chi connectivity index (χ2n) is 7.08. The number of carbonyl (C=O) groups excluding carboxylic acids is 2. The second kappa shape index (κ2) is 8.63. The average molecular weight is 405 g/mol. The van der Waals surface area contributed by atoms with Gasteiger partial charge in [-0.25, -0.2) is 0 Å². The Balaban J connectivity index is 1.84. The molecule has 5 nitrogen and oxygen atoms in total. The molecular formula is C21H22F3N3O2. The number of hydrogen-bond acceptors (Lipinski definition) is 3. The van der Waals surface area contributed by atoms with Gasteiger partial charge in [0, 0.05) is 31.8 Å². The van der Waals surface area contributed by atoms with Crippen molar-refractivity contribution in [3.05, 3.63) is 65.0 Å². The van der Waals surface area contributed by atoms with Crippen LogP contribution >= 0.6 is 0 Å². The van der Waals surface area contributed by atoms with E-state index in [1.807, 2.05) is 30.3 Å². The molecule has 3 rings (SSSR count). The first-order valence-electron chi connectivity index (χ1n) is 9.39. The Bertz CT molecular complexity index is 884. The summed E-state index contributed by atoms with van der Waals surface area (Å²) in [4.78, 5) is 29.6. The molecule has 8 heteroatoms. The van der Waals surface area contributed by atoms with Crippen molar-refractivity contribution in [1.82, 2.24) is 15.2 Å². The number of rotatable bonds is 5. The third-order valence-electron chi connectivity index (χ3n) is 4.95. The molecule has 1 aliphatic heterocycles. The van der Waals surface area contributed by atoms with E-state index in [0.717, 1.165) is 17.8 Å². The maximum atomic E-state index is 13.6. The Labute approximate surface area is 166 Å². The fraction of sp³-hybridized carbons (Fsp3) is 0.381. The third-order valence-corrected chi connectivity index (χ3v) is 4.95. The van der Waals surface area contributed by atoms with Crippen LogP contribution in [0.3, 0.4) is 0 Å². The Hall–Kier alpha value is -2.90. The van der Waals surface area contributed by atoms with Crippen molar-refractivity contribution in [2.45, 2.75) is 44.9 Å². The molecule has 0 saturated carbocycles. The van der Waals surface area contributed by atoms with E-state index >= 15 is 0 Å². The molecule has 0 spiro atoms. The predicted molar refractivity (Wildman–Crippen MR) is 101 cm³/mol. The van der Waals surface area contributed by atoms with E-state index in [1.54, 1.807) is 4.90 Å². The van der Waals surface area contributed by atoms with Crippen molar-refractivity contribution >= 4 is 11.8 Å². The highest BCUT2D eigenvalue weighted by molar-refractivity contribution is 5.79. The normalized spacial score (nSPS) is 16.7. The van der Waals surface area contributed by atoms with E-state index in [1.165, 1.54) is 6.92 Å². The fourth-order valence-corrected chi connectivity index (χ4v) is 3.55. The summed E-state index contributed by atoms with van der Waals surface area (Å²) in [6.07, 6.45) is -1.96. The number of alkyl halides is 3. The van der Waals surface area contributed by atoms with Gasteiger partial charge in [0.1, 0.15) is 0 Å². The molecule has 2 amide bonds. The van der Waals surface area contributed by atoms with E-state index in [2.05, 4.69) is 10.3 Å². The van der Waals surface area contributed by atoms with Gasteiger partial charge in [0.15, 0.2) is 0 Å². The summed E-state index contributed by atoms with van der Waals surface area (Å²) in [5, 5.41) is 2.37. The SMILES string of the molecule is CC(=O)NCc1cnc([C@@H]2CCCN2C(=O)Cc2ccccc2)cc1C(F)(F)F. The summed E-state index contributed by atoms with van der Waals surface area (Å²) < 4.78 is 40.7. The van der Waals surface area contributed by atoms with Gasteiger partial charge in [-0.05, 0) is 24.5 Å². The fourth-order valence-electron chi connectivity index (χ4n) is 3.55. The summed E-state index contributed by atoms with van der Waals surface area (Å²) >= 11 is 0. The minimum absolute atomic E-state index is 0.100. The lowest BCUT2D eigenvalue weighted by Crippen LogP contribution is -2.32. The van der Waals surface area contributed by atoms with Crippen LogP contribution in [-0.4, -0.2) is 28.2 Å². The minimum atomic E-state index is -4.58. The first-order valence-corrected chi connectivity index (χ1v) is 9.39. The maximum absolute atomic E-state index is 13.6. The number of amides is 2. The van der Waals surface area contributed by atoms with Crippen molar-refractivity contribution in [1.29, 1.82) is 0 Å². The molecule has 1 fully saturated rings. The van der Waals surface area contributed by atoms with Gasteiger partial charge in [-0.3, -0.25) is 14.6 Å². The van der Waals surface area contributed by atoms with Gasteiger partial charge in [-0.15, -0.1) is 0 Å². The molecule has 0 unspecified atom stereocenters. The summed E-state index contributed by atoms with van der Waals surface area (Å²) in [6.45, 7) is 1.48. The van der Waals surface area contributed by atoms with Crippen LogP contribution < -0.4 is 5.32 Å². The number of carbonyl (C=O) groups is 2. The molecule has 1 N–H and O–H groups in total. The highest BCUT2D eigenvalue weighted by atomic mass is 19.4. The Morgan fingerprint density at radius 2 is 1.97 bits per heavy atom. The number of halogens is 3. The zero-order chi connectivity index (χ0) is 21.0. The van der Waals surface area contributed by atoms with Gasteiger partial charge in [-0.2, -0.15) is 13.2 Å². The van der Waals surface area contributed by atoms with Crippen molar-refractivity contribution in [3.8, 4) is 0 Å². The van der Waals surface area contributed by atoms with Crippen LogP contribution in [-0.2, 0) is 28.7 Å². The van der Waals surface area contributed by atoms with E-state index in [4.69, 9.17) is 0 Å². The number of hydrogen-bond donors (Lipinski definition) is 1. The molecule has 0 aliphatic carbocycles. The number of nitrogens with one attached hydrogen (secondary N) is 1. The first-order chi connectivity index (χ1) is 13.8. The third kappa shape index (κ3) is 5.13. The van der Waals surface area contributed by atoms with E-state index in [-0.39, 0.29) is 30.1 Å².